The van der Waals surface area contributed by atoms with E-state index in [2.05, 4.69) is 0 Å². The van der Waals surface area contributed by atoms with Gasteiger partial charge in [-0.15, -0.1) is 0 Å². The molecule has 80 valence electrons. The Labute approximate surface area is 81.0 Å². The lowest BCUT2D eigenvalue weighted by atomic mass is 10.4. The van der Waals surface area contributed by atoms with E-state index >= 15 is 0 Å². The number of hydrogen-bond acceptors (Lipinski definition) is 3. The quantitative estimate of drug-likeness (QED) is 0.681. The zero-order chi connectivity index (χ0) is 10.9. The summed E-state index contributed by atoms with van der Waals surface area (Å²) in [5, 5.41) is 0. The molecule has 1 aliphatic rings. The van der Waals surface area contributed by atoms with Crippen LogP contribution in [0.25, 0.3) is 0 Å². The molecule has 0 aromatic heterocycles. The van der Waals surface area contributed by atoms with Gasteiger partial charge in [-0.1, -0.05) is 27.7 Å². The van der Waals surface area contributed by atoms with Crippen LogP contribution in [0.2, 0.25) is 0 Å². The fourth-order valence-corrected chi connectivity index (χ4v) is 0.772. The van der Waals surface area contributed by atoms with Crippen LogP contribution >= 0.6 is 0 Å². The number of amides is 1. The molecule has 1 atom stereocenters. The minimum atomic E-state index is -0.273. The highest BCUT2D eigenvalue weighted by Gasteiger charge is 2.26. The van der Waals surface area contributed by atoms with E-state index in [0.29, 0.717) is 13.1 Å². The highest BCUT2D eigenvalue weighted by atomic mass is 16.6. The van der Waals surface area contributed by atoms with Crippen molar-refractivity contribution in [3.63, 3.8) is 0 Å². The third-order valence-corrected chi connectivity index (χ3v) is 1.32. The van der Waals surface area contributed by atoms with Gasteiger partial charge in [0.15, 0.2) is 0 Å². The minimum Gasteiger partial charge on any atom is -0.443 e. The summed E-state index contributed by atoms with van der Waals surface area (Å²) in [6.07, 6.45) is -0.368. The molecule has 1 rings (SSSR count). The molecule has 0 aromatic rings. The van der Waals surface area contributed by atoms with Crippen molar-refractivity contribution in [1.29, 1.82) is 0 Å². The number of rotatable bonds is 1. The van der Waals surface area contributed by atoms with Gasteiger partial charge in [-0.3, -0.25) is 0 Å². The highest BCUT2D eigenvalue weighted by Crippen LogP contribution is 2.06. The van der Waals surface area contributed by atoms with Gasteiger partial charge in [-0.2, -0.15) is 0 Å². The summed E-state index contributed by atoms with van der Waals surface area (Å²) in [5.41, 5.74) is 5.25. The van der Waals surface area contributed by atoms with E-state index in [0.717, 1.165) is 0 Å². The summed E-state index contributed by atoms with van der Waals surface area (Å²) in [5.74, 6) is 0. The van der Waals surface area contributed by atoms with Gasteiger partial charge in [0.05, 0.1) is 6.54 Å². The molecule has 0 bridgehead atoms. The molecular formula is C9H22N2O2. The van der Waals surface area contributed by atoms with Crippen LogP contribution in [0.1, 0.15) is 27.7 Å². The van der Waals surface area contributed by atoms with Gasteiger partial charge in [-0.05, 0) is 0 Å². The van der Waals surface area contributed by atoms with Crippen LogP contribution in [0.3, 0.4) is 0 Å². The van der Waals surface area contributed by atoms with Crippen LogP contribution in [0, 0.1) is 0 Å². The predicted octanol–water partition coefficient (Wildman–Crippen LogP) is 1.45. The van der Waals surface area contributed by atoms with Gasteiger partial charge in [0.1, 0.15) is 6.10 Å². The number of nitrogens with two attached hydrogens (primary N) is 1. The molecule has 13 heavy (non-hydrogen) atoms. The van der Waals surface area contributed by atoms with Crippen LogP contribution in [-0.4, -0.2) is 37.2 Å². The summed E-state index contributed by atoms with van der Waals surface area (Å²) in [6, 6.07) is 0. The highest BCUT2D eigenvalue weighted by molar-refractivity contribution is 5.69. The zero-order valence-corrected chi connectivity index (χ0v) is 9.33. The zero-order valence-electron chi connectivity index (χ0n) is 9.33. The predicted molar refractivity (Wildman–Crippen MR) is 54.6 cm³/mol. The summed E-state index contributed by atoms with van der Waals surface area (Å²) in [4.78, 5) is 12.1. The number of carbonyl (C=O) groups is 1. The lowest BCUT2D eigenvalue weighted by Gasteiger charge is -2.01. The fraction of sp³-hybridized carbons (Fsp3) is 0.889. The van der Waals surface area contributed by atoms with E-state index in [1.54, 1.807) is 7.05 Å². The van der Waals surface area contributed by atoms with E-state index in [-0.39, 0.29) is 12.2 Å². The number of ether oxygens (including phenoxy) is 1. The first-order chi connectivity index (χ1) is 6.24. The molecule has 1 saturated heterocycles. The van der Waals surface area contributed by atoms with Crippen molar-refractivity contribution >= 4 is 6.09 Å². The van der Waals surface area contributed by atoms with Crippen molar-refractivity contribution in [2.75, 3.05) is 20.1 Å². The summed E-state index contributed by atoms with van der Waals surface area (Å²) in [7, 11) is 1.69. The third-order valence-electron chi connectivity index (χ3n) is 1.32. The summed E-state index contributed by atoms with van der Waals surface area (Å²) < 4.78 is 4.78. The molecule has 0 aliphatic carbocycles. The molecule has 2 N–H and O–H groups in total. The molecule has 1 amide bonds. The Morgan fingerprint density at radius 2 is 1.92 bits per heavy atom. The maximum absolute atomic E-state index is 10.6. The molecule has 0 aromatic carbocycles. The van der Waals surface area contributed by atoms with Gasteiger partial charge in [0.25, 0.3) is 0 Å². The van der Waals surface area contributed by atoms with E-state index in [9.17, 15) is 4.79 Å². The maximum atomic E-state index is 10.6. The Hall–Kier alpha value is -0.770. The average molecular weight is 190 g/mol. The number of nitrogens with zero attached hydrogens (tertiary/aromatic N) is 1. The second-order valence-electron chi connectivity index (χ2n) is 2.12. The van der Waals surface area contributed by atoms with E-state index in [4.69, 9.17) is 10.5 Å². The van der Waals surface area contributed by atoms with Crippen molar-refractivity contribution < 1.29 is 9.53 Å². The third kappa shape index (κ3) is 5.47. The maximum Gasteiger partial charge on any atom is 0.410 e. The van der Waals surface area contributed by atoms with Crippen molar-refractivity contribution in [2.24, 2.45) is 5.73 Å². The molecule has 0 radical (unpaired) electrons. The molecule has 4 nitrogen and oxygen atoms in total. The van der Waals surface area contributed by atoms with Gasteiger partial charge in [-0.25, -0.2) is 4.79 Å². The monoisotopic (exact) mass is 190 g/mol. The van der Waals surface area contributed by atoms with E-state index in [1.807, 2.05) is 27.7 Å². The van der Waals surface area contributed by atoms with Gasteiger partial charge in [0, 0.05) is 13.6 Å². The first kappa shape index (κ1) is 14.7. The number of cyclic esters (lactones) is 1. The minimum absolute atomic E-state index is 0.0949. The normalized spacial score (nSPS) is 19.4. The summed E-state index contributed by atoms with van der Waals surface area (Å²) in [6.45, 7) is 9.03. The molecule has 0 spiro atoms. The first-order valence-corrected chi connectivity index (χ1v) is 4.86. The second kappa shape index (κ2) is 9.32. The molecule has 0 saturated carbocycles. The van der Waals surface area contributed by atoms with Crippen molar-refractivity contribution in [2.45, 2.75) is 33.8 Å². The van der Waals surface area contributed by atoms with Gasteiger partial charge in [0.2, 0.25) is 0 Å². The number of likely N-dealkylation sites (N-methyl/N-ethyl adjacent to an activating group) is 1. The standard InChI is InChI=1S/C5H10N2O2.2C2H6/c1-7-3-4(2-6)9-5(7)8;2*1-2/h4H,2-3,6H2,1H3;2*1-2H3. The van der Waals surface area contributed by atoms with Gasteiger partial charge < -0.3 is 15.4 Å². The van der Waals surface area contributed by atoms with Crippen molar-refractivity contribution in [3.8, 4) is 0 Å². The van der Waals surface area contributed by atoms with Crippen LogP contribution in [0.5, 0.6) is 0 Å². The Bertz CT molecular complexity index is 129. The van der Waals surface area contributed by atoms with Crippen LogP contribution in [-0.2, 0) is 4.74 Å². The Balaban J connectivity index is 0. The largest absolute Gasteiger partial charge is 0.443 e. The molecular weight excluding hydrogens is 168 g/mol. The smallest absolute Gasteiger partial charge is 0.410 e. The topological polar surface area (TPSA) is 55.6 Å². The Morgan fingerprint density at radius 3 is 2.08 bits per heavy atom. The Kier molecular flexibility index (Phi) is 10.6. The lowest BCUT2D eigenvalue weighted by molar-refractivity contribution is 0.137. The van der Waals surface area contributed by atoms with Crippen LogP contribution < -0.4 is 5.73 Å². The summed E-state index contributed by atoms with van der Waals surface area (Å²) >= 11 is 0. The first-order valence-electron chi connectivity index (χ1n) is 4.86. The SMILES string of the molecule is CC.CC.CN1CC(CN)OC1=O. The molecule has 4 heteroatoms. The van der Waals surface area contributed by atoms with Crippen LogP contribution in [0.4, 0.5) is 4.79 Å². The van der Waals surface area contributed by atoms with E-state index < -0.39 is 0 Å². The van der Waals surface area contributed by atoms with E-state index in [1.165, 1.54) is 4.90 Å². The number of hydrogen-bond donors (Lipinski definition) is 1. The Morgan fingerprint density at radius 1 is 1.46 bits per heavy atom. The molecule has 1 heterocycles. The molecule has 1 fully saturated rings. The van der Waals surface area contributed by atoms with Crippen molar-refractivity contribution in [3.05, 3.63) is 0 Å². The van der Waals surface area contributed by atoms with Crippen molar-refractivity contribution in [1.82, 2.24) is 4.90 Å². The second-order valence-corrected chi connectivity index (χ2v) is 2.12. The van der Waals surface area contributed by atoms with Crippen LogP contribution in [0.15, 0.2) is 0 Å². The number of carbonyl (C=O) groups excluding carboxylic acids is 1. The fourth-order valence-electron chi connectivity index (χ4n) is 0.772. The molecule has 1 unspecified atom stereocenters. The lowest BCUT2D eigenvalue weighted by Crippen LogP contribution is -2.24. The molecule has 1 aliphatic heterocycles. The van der Waals surface area contributed by atoms with Gasteiger partial charge >= 0.3 is 6.09 Å². The average Bonchev–Trinajstić information content (AvgIpc) is 2.53.